The van der Waals surface area contributed by atoms with E-state index in [-0.39, 0.29) is 6.10 Å². The standard InChI is InChI=1S/C8H16O3S/c1-10-7-3-5-8(6-4-7)11-12(2)9/h7-8H,3-6H2,1-2H3. The van der Waals surface area contributed by atoms with Gasteiger partial charge in [0.05, 0.1) is 12.2 Å². The van der Waals surface area contributed by atoms with Crippen LogP contribution in [0, 0.1) is 0 Å². The van der Waals surface area contributed by atoms with Crippen LogP contribution in [0.4, 0.5) is 0 Å². The maximum atomic E-state index is 10.7. The van der Waals surface area contributed by atoms with Crippen molar-refractivity contribution in [2.45, 2.75) is 37.9 Å². The zero-order chi connectivity index (χ0) is 8.97. The first-order chi connectivity index (χ1) is 5.72. The summed E-state index contributed by atoms with van der Waals surface area (Å²) in [5, 5.41) is 0. The Morgan fingerprint density at radius 3 is 2.08 bits per heavy atom. The van der Waals surface area contributed by atoms with Gasteiger partial charge in [0.2, 0.25) is 0 Å². The van der Waals surface area contributed by atoms with Crippen molar-refractivity contribution in [3.8, 4) is 0 Å². The summed E-state index contributed by atoms with van der Waals surface area (Å²) in [7, 11) is 1.74. The lowest BCUT2D eigenvalue weighted by Crippen LogP contribution is -2.26. The van der Waals surface area contributed by atoms with E-state index in [1.165, 1.54) is 0 Å². The van der Waals surface area contributed by atoms with E-state index in [9.17, 15) is 4.21 Å². The average Bonchev–Trinajstić information content (AvgIpc) is 2.05. The van der Waals surface area contributed by atoms with E-state index in [1.807, 2.05) is 0 Å². The second kappa shape index (κ2) is 4.94. The van der Waals surface area contributed by atoms with Gasteiger partial charge in [-0.25, -0.2) is 4.21 Å². The summed E-state index contributed by atoms with van der Waals surface area (Å²) in [4.78, 5) is 0. The molecule has 3 nitrogen and oxygen atoms in total. The zero-order valence-electron chi connectivity index (χ0n) is 7.62. The van der Waals surface area contributed by atoms with Crippen molar-refractivity contribution >= 4 is 11.1 Å². The van der Waals surface area contributed by atoms with Gasteiger partial charge in [0.15, 0.2) is 11.1 Å². The van der Waals surface area contributed by atoms with Gasteiger partial charge in [0.25, 0.3) is 0 Å². The number of hydrogen-bond acceptors (Lipinski definition) is 3. The van der Waals surface area contributed by atoms with Gasteiger partial charge in [-0.1, -0.05) is 0 Å². The number of ether oxygens (including phenoxy) is 1. The van der Waals surface area contributed by atoms with Crippen LogP contribution in [-0.4, -0.2) is 29.8 Å². The molecule has 1 atom stereocenters. The molecule has 1 fully saturated rings. The third-order valence-corrected chi connectivity index (χ3v) is 2.77. The van der Waals surface area contributed by atoms with Crippen molar-refractivity contribution in [2.24, 2.45) is 0 Å². The molecule has 0 saturated heterocycles. The van der Waals surface area contributed by atoms with Crippen molar-refractivity contribution in [3.63, 3.8) is 0 Å². The molecule has 4 heteroatoms. The molecule has 0 N–H and O–H groups in total. The van der Waals surface area contributed by atoms with Crippen molar-refractivity contribution in [1.82, 2.24) is 0 Å². The molecular weight excluding hydrogens is 176 g/mol. The molecule has 1 aliphatic rings. The van der Waals surface area contributed by atoms with E-state index in [0.717, 1.165) is 25.7 Å². The molecule has 0 amide bonds. The minimum Gasteiger partial charge on any atom is -0.381 e. The smallest absolute Gasteiger partial charge is 0.152 e. The normalized spacial score (nSPS) is 33.2. The summed E-state index contributed by atoms with van der Waals surface area (Å²) in [6.07, 6.45) is 6.13. The molecular formula is C8H16O3S. The van der Waals surface area contributed by atoms with Crippen LogP contribution in [0.5, 0.6) is 0 Å². The topological polar surface area (TPSA) is 35.5 Å². The van der Waals surface area contributed by atoms with Crippen LogP contribution in [-0.2, 0) is 20.0 Å². The fourth-order valence-electron chi connectivity index (χ4n) is 1.56. The average molecular weight is 192 g/mol. The molecule has 0 radical (unpaired) electrons. The third-order valence-electron chi connectivity index (χ3n) is 2.23. The minimum atomic E-state index is -1.12. The maximum Gasteiger partial charge on any atom is 0.152 e. The largest absolute Gasteiger partial charge is 0.381 e. The van der Waals surface area contributed by atoms with E-state index in [4.69, 9.17) is 8.92 Å². The molecule has 1 unspecified atom stereocenters. The van der Waals surface area contributed by atoms with Gasteiger partial charge < -0.3 is 4.74 Å². The SMILES string of the molecule is COC1CCC(OS(C)=O)CC1. The van der Waals surface area contributed by atoms with E-state index >= 15 is 0 Å². The highest BCUT2D eigenvalue weighted by atomic mass is 32.2. The second-order valence-corrected chi connectivity index (χ2v) is 4.13. The van der Waals surface area contributed by atoms with Gasteiger partial charge in [-0.2, -0.15) is 0 Å². The molecule has 0 spiro atoms. The molecule has 0 aromatic carbocycles. The van der Waals surface area contributed by atoms with Gasteiger partial charge in [0.1, 0.15) is 0 Å². The Balaban J connectivity index is 2.21. The van der Waals surface area contributed by atoms with E-state index < -0.39 is 11.1 Å². The Bertz CT molecular complexity index is 152. The van der Waals surface area contributed by atoms with Gasteiger partial charge in [0, 0.05) is 13.4 Å². The van der Waals surface area contributed by atoms with E-state index in [1.54, 1.807) is 13.4 Å². The van der Waals surface area contributed by atoms with Gasteiger partial charge in [-0.3, -0.25) is 4.18 Å². The fraction of sp³-hybridized carbons (Fsp3) is 1.00. The van der Waals surface area contributed by atoms with Crippen LogP contribution in [0.2, 0.25) is 0 Å². The number of methoxy groups -OCH3 is 1. The molecule has 12 heavy (non-hydrogen) atoms. The van der Waals surface area contributed by atoms with Crippen LogP contribution in [0.15, 0.2) is 0 Å². The third kappa shape index (κ3) is 3.21. The zero-order valence-corrected chi connectivity index (χ0v) is 8.43. The predicted octanol–water partition coefficient (Wildman–Crippen LogP) is 1.25. The summed E-state index contributed by atoms with van der Waals surface area (Å²) >= 11 is -1.12. The van der Waals surface area contributed by atoms with Gasteiger partial charge >= 0.3 is 0 Å². The Kier molecular flexibility index (Phi) is 4.18. The molecule has 0 aliphatic heterocycles. The van der Waals surface area contributed by atoms with E-state index in [0.29, 0.717) is 6.10 Å². The molecule has 1 saturated carbocycles. The van der Waals surface area contributed by atoms with Crippen molar-refractivity contribution < 1.29 is 13.1 Å². The van der Waals surface area contributed by atoms with Crippen molar-refractivity contribution in [1.29, 1.82) is 0 Å². The molecule has 0 bridgehead atoms. The van der Waals surface area contributed by atoms with Crippen LogP contribution < -0.4 is 0 Å². The highest BCUT2D eigenvalue weighted by Crippen LogP contribution is 2.23. The summed E-state index contributed by atoms with van der Waals surface area (Å²) in [5.41, 5.74) is 0. The highest BCUT2D eigenvalue weighted by Gasteiger charge is 2.21. The monoisotopic (exact) mass is 192 g/mol. The summed E-state index contributed by atoms with van der Waals surface area (Å²) in [6, 6.07) is 0. The van der Waals surface area contributed by atoms with Crippen LogP contribution in [0.3, 0.4) is 0 Å². The lowest BCUT2D eigenvalue weighted by molar-refractivity contribution is 0.0367. The molecule has 0 aromatic rings. The molecule has 1 rings (SSSR count). The Morgan fingerprint density at radius 1 is 1.17 bits per heavy atom. The van der Waals surface area contributed by atoms with Crippen LogP contribution in [0.25, 0.3) is 0 Å². The van der Waals surface area contributed by atoms with Crippen molar-refractivity contribution in [2.75, 3.05) is 13.4 Å². The molecule has 0 heterocycles. The predicted molar refractivity (Wildman–Crippen MR) is 48.2 cm³/mol. The number of rotatable bonds is 3. The lowest BCUT2D eigenvalue weighted by Gasteiger charge is -2.26. The summed E-state index contributed by atoms with van der Waals surface area (Å²) in [6.45, 7) is 0. The van der Waals surface area contributed by atoms with Crippen LogP contribution >= 0.6 is 0 Å². The first kappa shape index (κ1) is 10.2. The quantitative estimate of drug-likeness (QED) is 0.675. The second-order valence-electron chi connectivity index (χ2n) is 3.13. The Labute approximate surface area is 76.1 Å². The highest BCUT2D eigenvalue weighted by molar-refractivity contribution is 7.79. The molecule has 0 aromatic heterocycles. The first-order valence-corrected chi connectivity index (χ1v) is 5.74. The number of hydrogen-bond donors (Lipinski definition) is 0. The maximum absolute atomic E-state index is 10.7. The van der Waals surface area contributed by atoms with E-state index in [2.05, 4.69) is 0 Å². The Hall–Kier alpha value is 0.0700. The van der Waals surface area contributed by atoms with Crippen molar-refractivity contribution in [3.05, 3.63) is 0 Å². The van der Waals surface area contributed by atoms with Gasteiger partial charge in [-0.15, -0.1) is 0 Å². The summed E-state index contributed by atoms with van der Waals surface area (Å²) in [5.74, 6) is 0. The molecule has 1 aliphatic carbocycles. The van der Waals surface area contributed by atoms with Crippen LogP contribution in [0.1, 0.15) is 25.7 Å². The van der Waals surface area contributed by atoms with Gasteiger partial charge in [-0.05, 0) is 25.7 Å². The summed E-state index contributed by atoms with van der Waals surface area (Å²) < 4.78 is 21.1. The fourth-order valence-corrected chi connectivity index (χ4v) is 2.13. The Morgan fingerprint density at radius 2 is 1.67 bits per heavy atom. The first-order valence-electron chi connectivity index (χ1n) is 4.25. The molecule has 72 valence electrons. The lowest BCUT2D eigenvalue weighted by atomic mass is 9.95. The minimum absolute atomic E-state index is 0.183.